The van der Waals surface area contributed by atoms with Crippen LogP contribution in [-0.2, 0) is 0 Å². The van der Waals surface area contributed by atoms with Crippen molar-refractivity contribution in [3.05, 3.63) is 37.1 Å². The number of nitrogens with zero attached hydrogens (tertiary/aromatic N) is 5. The molecule has 1 aliphatic carbocycles. The molecule has 0 bridgehead atoms. The van der Waals surface area contributed by atoms with Crippen molar-refractivity contribution in [1.29, 1.82) is 0 Å². The second-order valence-electron chi connectivity index (χ2n) is 7.59. The van der Waals surface area contributed by atoms with Crippen LogP contribution in [0.3, 0.4) is 0 Å². The summed E-state index contributed by atoms with van der Waals surface area (Å²) >= 11 is 0. The van der Waals surface area contributed by atoms with Crippen molar-refractivity contribution < 1.29 is 5.11 Å². The minimum Gasteiger partial charge on any atom is -0.390 e. The van der Waals surface area contributed by atoms with E-state index in [9.17, 15) is 5.11 Å². The van der Waals surface area contributed by atoms with Crippen LogP contribution in [0.15, 0.2) is 37.1 Å². The third-order valence-electron chi connectivity index (χ3n) is 5.43. The number of nitrogens with one attached hydrogen (secondary N) is 2. The number of hydrogen-bond acceptors (Lipinski definition) is 6. The lowest BCUT2D eigenvalue weighted by atomic mass is 9.84. The van der Waals surface area contributed by atoms with Gasteiger partial charge in [-0.15, -0.1) is 10.2 Å². The van der Waals surface area contributed by atoms with E-state index in [2.05, 4.69) is 30.5 Å². The van der Waals surface area contributed by atoms with Gasteiger partial charge in [0.15, 0.2) is 5.65 Å². The molecular weight excluding hydrogens is 342 g/mol. The van der Waals surface area contributed by atoms with Crippen LogP contribution >= 0.6 is 0 Å². The Labute approximate surface area is 155 Å². The molecule has 4 aromatic heterocycles. The summed E-state index contributed by atoms with van der Waals surface area (Å²) in [6.45, 7) is 1.91. The molecule has 138 valence electrons. The highest BCUT2D eigenvalue weighted by molar-refractivity contribution is 5.93. The topological polar surface area (TPSA) is 104 Å². The Morgan fingerprint density at radius 2 is 2.15 bits per heavy atom. The first-order valence-corrected chi connectivity index (χ1v) is 9.20. The van der Waals surface area contributed by atoms with Crippen LogP contribution in [-0.4, -0.2) is 46.3 Å². The number of aliphatic hydroxyl groups is 1. The molecule has 0 amide bonds. The summed E-state index contributed by atoms with van der Waals surface area (Å²) in [5.74, 6) is 0.622. The molecule has 0 aromatic carbocycles. The van der Waals surface area contributed by atoms with E-state index in [1.54, 1.807) is 6.33 Å². The molecule has 4 aromatic rings. The third kappa shape index (κ3) is 3.02. The van der Waals surface area contributed by atoms with E-state index >= 15 is 0 Å². The average Bonchev–Trinajstić information content (AvgIpc) is 3.29. The van der Waals surface area contributed by atoms with Gasteiger partial charge in [-0.1, -0.05) is 0 Å². The highest BCUT2D eigenvalue weighted by atomic mass is 16.3. The first-order valence-electron chi connectivity index (χ1n) is 9.20. The molecule has 0 aliphatic heterocycles. The van der Waals surface area contributed by atoms with E-state index in [0.29, 0.717) is 12.0 Å². The number of rotatable bonds is 3. The van der Waals surface area contributed by atoms with Gasteiger partial charge in [0, 0.05) is 41.1 Å². The first-order chi connectivity index (χ1) is 13.1. The average molecular weight is 363 g/mol. The van der Waals surface area contributed by atoms with Crippen molar-refractivity contribution in [2.24, 2.45) is 0 Å². The molecule has 1 fully saturated rings. The highest BCUT2D eigenvalue weighted by Crippen LogP contribution is 2.30. The van der Waals surface area contributed by atoms with Gasteiger partial charge in [-0.05, 0) is 44.7 Å². The van der Waals surface area contributed by atoms with Gasteiger partial charge in [0.1, 0.15) is 12.0 Å². The zero-order valence-electron chi connectivity index (χ0n) is 15.1. The van der Waals surface area contributed by atoms with Crippen LogP contribution in [0.2, 0.25) is 0 Å². The first kappa shape index (κ1) is 16.2. The minimum atomic E-state index is -0.538. The molecule has 0 spiro atoms. The maximum Gasteiger partial charge on any atom is 0.224 e. The van der Waals surface area contributed by atoms with Gasteiger partial charge >= 0.3 is 0 Å². The lowest BCUT2D eigenvalue weighted by Gasteiger charge is -2.33. The molecule has 1 saturated carbocycles. The monoisotopic (exact) mass is 363 g/mol. The van der Waals surface area contributed by atoms with Crippen molar-refractivity contribution >= 4 is 22.6 Å². The Hall–Kier alpha value is -3.00. The number of aromatic amines is 1. The Morgan fingerprint density at radius 1 is 1.30 bits per heavy atom. The Kier molecular flexibility index (Phi) is 3.61. The van der Waals surface area contributed by atoms with E-state index in [4.69, 9.17) is 0 Å². The molecule has 1 aliphatic rings. The van der Waals surface area contributed by atoms with Gasteiger partial charge in [-0.25, -0.2) is 4.98 Å². The summed E-state index contributed by atoms with van der Waals surface area (Å²) in [6.07, 6.45) is 10.9. The standard InChI is InChI=1S/C19H21N7O/c1-19(27)6-4-13(5-7-19)23-18-21-9-15-14(8-20-17(15)24-18)12-2-3-16-25-22-11-26(16)10-12/h2-3,8-11,13,27H,4-7H2,1H3,(H2,20,21,23,24). The van der Waals surface area contributed by atoms with Gasteiger partial charge in [0.2, 0.25) is 5.95 Å². The number of aromatic nitrogens is 6. The van der Waals surface area contributed by atoms with E-state index in [-0.39, 0.29) is 0 Å². The fourth-order valence-corrected chi connectivity index (χ4v) is 3.77. The van der Waals surface area contributed by atoms with Crippen LogP contribution < -0.4 is 5.32 Å². The van der Waals surface area contributed by atoms with Gasteiger partial charge < -0.3 is 15.4 Å². The number of H-pyrrole nitrogens is 1. The normalized spacial score (nSPS) is 23.1. The molecule has 8 nitrogen and oxygen atoms in total. The molecule has 4 heterocycles. The molecule has 5 rings (SSSR count). The molecule has 0 saturated heterocycles. The molecule has 0 atom stereocenters. The zero-order chi connectivity index (χ0) is 18.4. The predicted octanol–water partition coefficient (Wildman–Crippen LogP) is 2.77. The largest absolute Gasteiger partial charge is 0.390 e. The van der Waals surface area contributed by atoms with Crippen LogP contribution in [0.5, 0.6) is 0 Å². The quantitative estimate of drug-likeness (QED) is 0.517. The lowest BCUT2D eigenvalue weighted by Crippen LogP contribution is -2.36. The molecule has 3 N–H and O–H groups in total. The SMILES string of the molecule is CC1(O)CCC(Nc2ncc3c(-c4ccc5nncn5c4)c[nH]c3n2)CC1. The Balaban J connectivity index is 1.41. The fraction of sp³-hybridized carbons (Fsp3) is 0.368. The number of fused-ring (bicyclic) bond motifs is 2. The van der Waals surface area contributed by atoms with Crippen LogP contribution in [0, 0.1) is 0 Å². The van der Waals surface area contributed by atoms with Crippen LogP contribution in [0.4, 0.5) is 5.95 Å². The van der Waals surface area contributed by atoms with Crippen molar-refractivity contribution in [3.63, 3.8) is 0 Å². The third-order valence-corrected chi connectivity index (χ3v) is 5.43. The van der Waals surface area contributed by atoms with E-state index in [1.165, 1.54) is 0 Å². The van der Waals surface area contributed by atoms with Gasteiger partial charge in [0.25, 0.3) is 0 Å². The maximum absolute atomic E-state index is 10.1. The van der Waals surface area contributed by atoms with Gasteiger partial charge in [0.05, 0.1) is 5.60 Å². The van der Waals surface area contributed by atoms with Gasteiger partial charge in [-0.3, -0.25) is 4.40 Å². The van der Waals surface area contributed by atoms with E-state index in [1.807, 2.05) is 42.0 Å². The summed E-state index contributed by atoms with van der Waals surface area (Å²) < 4.78 is 1.89. The fourth-order valence-electron chi connectivity index (χ4n) is 3.77. The molecule has 8 heteroatoms. The van der Waals surface area contributed by atoms with Crippen molar-refractivity contribution in [3.8, 4) is 11.1 Å². The Morgan fingerprint density at radius 3 is 3.00 bits per heavy atom. The van der Waals surface area contributed by atoms with Gasteiger partial charge in [-0.2, -0.15) is 4.98 Å². The highest BCUT2D eigenvalue weighted by Gasteiger charge is 2.28. The Bertz CT molecular complexity index is 1100. The smallest absolute Gasteiger partial charge is 0.224 e. The zero-order valence-corrected chi connectivity index (χ0v) is 15.1. The van der Waals surface area contributed by atoms with Crippen molar-refractivity contribution in [1.82, 2.24) is 29.5 Å². The second-order valence-corrected chi connectivity index (χ2v) is 7.59. The maximum atomic E-state index is 10.1. The summed E-state index contributed by atoms with van der Waals surface area (Å²) in [6, 6.07) is 4.26. The predicted molar refractivity (Wildman–Crippen MR) is 102 cm³/mol. The van der Waals surface area contributed by atoms with Crippen molar-refractivity contribution in [2.45, 2.75) is 44.2 Å². The molecule has 0 unspecified atom stereocenters. The van der Waals surface area contributed by atoms with Crippen molar-refractivity contribution in [2.75, 3.05) is 5.32 Å². The van der Waals surface area contributed by atoms with Crippen LogP contribution in [0.1, 0.15) is 32.6 Å². The number of pyridine rings is 1. The minimum absolute atomic E-state index is 0.299. The number of anilines is 1. The molecule has 27 heavy (non-hydrogen) atoms. The summed E-state index contributed by atoms with van der Waals surface area (Å²) in [5.41, 5.74) is 3.17. The van der Waals surface area contributed by atoms with E-state index < -0.39 is 5.60 Å². The van der Waals surface area contributed by atoms with E-state index in [0.717, 1.165) is 53.5 Å². The number of hydrogen-bond donors (Lipinski definition) is 3. The summed E-state index contributed by atoms with van der Waals surface area (Å²) in [7, 11) is 0. The summed E-state index contributed by atoms with van der Waals surface area (Å²) in [4.78, 5) is 12.4. The molecular formula is C19H21N7O. The second kappa shape index (κ2) is 6.02. The summed E-state index contributed by atoms with van der Waals surface area (Å²) in [5, 5.41) is 22.4. The van der Waals surface area contributed by atoms with Crippen LogP contribution in [0.25, 0.3) is 27.8 Å². The lowest BCUT2D eigenvalue weighted by molar-refractivity contribution is 0.0196. The molecule has 0 radical (unpaired) electrons.